The van der Waals surface area contributed by atoms with E-state index in [9.17, 15) is 18.0 Å². The lowest BCUT2D eigenvalue weighted by atomic mass is 9.94. The Morgan fingerprint density at radius 3 is 2.56 bits per heavy atom. The summed E-state index contributed by atoms with van der Waals surface area (Å²) < 4.78 is 47.3. The molecule has 2 heterocycles. The molecule has 0 atom stereocenters. The molecule has 1 aliphatic rings. The van der Waals surface area contributed by atoms with E-state index in [-0.39, 0.29) is 29.4 Å². The lowest BCUT2D eigenvalue weighted by Gasteiger charge is -2.27. The van der Waals surface area contributed by atoms with Crippen LogP contribution in [0.15, 0.2) is 65.2 Å². The highest BCUT2D eigenvalue weighted by molar-refractivity contribution is 5.74. The van der Waals surface area contributed by atoms with Gasteiger partial charge in [0.15, 0.2) is 0 Å². The Kier molecular flexibility index (Phi) is 6.09. The molecule has 0 bridgehead atoms. The second kappa shape index (κ2) is 9.23. The molecule has 1 aliphatic heterocycles. The van der Waals surface area contributed by atoms with E-state index in [1.807, 2.05) is 23.1 Å². The van der Waals surface area contributed by atoms with E-state index in [0.29, 0.717) is 24.2 Å². The lowest BCUT2D eigenvalue weighted by molar-refractivity contribution is -0.139. The van der Waals surface area contributed by atoms with E-state index < -0.39 is 17.7 Å². The van der Waals surface area contributed by atoms with Crippen molar-refractivity contribution in [1.29, 1.82) is 0 Å². The molecular weight excluding hydrogens is 471 g/mol. The number of halogens is 3. The van der Waals surface area contributed by atoms with Gasteiger partial charge in [0.1, 0.15) is 0 Å². The summed E-state index contributed by atoms with van der Waals surface area (Å²) in [4.78, 5) is 17.3. The van der Waals surface area contributed by atoms with Crippen LogP contribution < -0.4 is 0 Å². The summed E-state index contributed by atoms with van der Waals surface area (Å²) in [5.41, 5.74) is 3.46. The summed E-state index contributed by atoms with van der Waals surface area (Å²) in [5.74, 6) is -0.652. The third-order valence-electron chi connectivity index (χ3n) is 6.35. The maximum Gasteiger partial charge on any atom is 0.417 e. The zero-order valence-electron chi connectivity index (χ0n) is 19.3. The van der Waals surface area contributed by atoms with E-state index in [2.05, 4.69) is 10.1 Å². The highest BCUT2D eigenvalue weighted by Crippen LogP contribution is 2.40. The molecule has 36 heavy (non-hydrogen) atoms. The number of aliphatic carboxylic acids is 1. The summed E-state index contributed by atoms with van der Waals surface area (Å²) in [6.45, 7) is 2.86. The fourth-order valence-corrected chi connectivity index (χ4v) is 4.56. The number of nitrogens with zero attached hydrogens (tertiary/aromatic N) is 3. The number of aromatic nitrogens is 2. The predicted molar refractivity (Wildman–Crippen MR) is 127 cm³/mol. The molecule has 5 rings (SSSR count). The molecule has 0 aliphatic carbocycles. The average Bonchev–Trinajstić information content (AvgIpc) is 3.33. The number of aryl methyl sites for hydroxylation is 1. The van der Waals surface area contributed by atoms with Crippen LogP contribution in [0.5, 0.6) is 0 Å². The predicted octanol–water partition coefficient (Wildman–Crippen LogP) is 5.84. The standard InChI is InChI=1S/C27H22F3N3O3/c1-16-4-2-3-5-21(16)22-9-8-19(13-23(22)27(28,29)30)26-31-25(32-36-26)18-7-6-17-10-11-33(15-24(34)35)14-20(17)12-18/h2-9,12-13H,10-11,14-15H2,1H3,(H,34,35). The summed E-state index contributed by atoms with van der Waals surface area (Å²) in [7, 11) is 0. The monoisotopic (exact) mass is 493 g/mol. The number of hydrogen-bond acceptors (Lipinski definition) is 5. The Balaban J connectivity index is 1.47. The Morgan fingerprint density at radius 2 is 1.81 bits per heavy atom. The van der Waals surface area contributed by atoms with Crippen LogP contribution in [-0.2, 0) is 23.9 Å². The van der Waals surface area contributed by atoms with Crippen molar-refractivity contribution < 1.29 is 27.6 Å². The largest absolute Gasteiger partial charge is 0.480 e. The van der Waals surface area contributed by atoms with Crippen LogP contribution in [0.1, 0.15) is 22.3 Å². The summed E-state index contributed by atoms with van der Waals surface area (Å²) >= 11 is 0. The van der Waals surface area contributed by atoms with Gasteiger partial charge in [0.25, 0.3) is 5.89 Å². The Labute approximate surface area is 205 Å². The second-order valence-corrected chi connectivity index (χ2v) is 8.83. The molecule has 0 saturated heterocycles. The number of carboxylic acid groups (broad SMARTS) is 1. The minimum absolute atomic E-state index is 0.0166. The van der Waals surface area contributed by atoms with Crippen molar-refractivity contribution in [3.05, 3.63) is 82.9 Å². The maximum atomic E-state index is 14.0. The maximum absolute atomic E-state index is 14.0. The molecule has 3 aromatic carbocycles. The Bertz CT molecular complexity index is 1450. The first-order valence-electron chi connectivity index (χ1n) is 11.4. The Morgan fingerprint density at radius 1 is 1.03 bits per heavy atom. The van der Waals surface area contributed by atoms with Crippen molar-refractivity contribution >= 4 is 5.97 Å². The zero-order chi connectivity index (χ0) is 25.4. The molecule has 0 unspecified atom stereocenters. The molecule has 0 saturated carbocycles. The summed E-state index contributed by atoms with van der Waals surface area (Å²) in [5, 5.41) is 13.1. The number of fused-ring (bicyclic) bond motifs is 1. The van der Waals surface area contributed by atoms with Crippen molar-refractivity contribution in [2.24, 2.45) is 0 Å². The first-order chi connectivity index (χ1) is 17.2. The number of carbonyl (C=O) groups is 1. The van der Waals surface area contributed by atoms with Gasteiger partial charge in [0, 0.05) is 24.2 Å². The van der Waals surface area contributed by atoms with Crippen molar-refractivity contribution in [3.63, 3.8) is 0 Å². The molecule has 0 amide bonds. The number of carboxylic acids is 1. The van der Waals surface area contributed by atoms with E-state index in [0.717, 1.165) is 29.2 Å². The molecule has 184 valence electrons. The van der Waals surface area contributed by atoms with Crippen LogP contribution in [0.25, 0.3) is 34.0 Å². The number of alkyl halides is 3. The van der Waals surface area contributed by atoms with Gasteiger partial charge in [0.2, 0.25) is 5.82 Å². The van der Waals surface area contributed by atoms with E-state index in [1.165, 1.54) is 6.07 Å². The minimum Gasteiger partial charge on any atom is -0.480 e. The second-order valence-electron chi connectivity index (χ2n) is 8.83. The number of benzene rings is 3. The first-order valence-corrected chi connectivity index (χ1v) is 11.4. The van der Waals surface area contributed by atoms with Crippen LogP contribution in [-0.4, -0.2) is 39.2 Å². The van der Waals surface area contributed by atoms with Gasteiger partial charge in [-0.05, 0) is 59.4 Å². The van der Waals surface area contributed by atoms with E-state index in [1.54, 1.807) is 37.3 Å². The number of rotatable bonds is 5. The van der Waals surface area contributed by atoms with Gasteiger partial charge < -0.3 is 9.63 Å². The topological polar surface area (TPSA) is 79.5 Å². The summed E-state index contributed by atoms with van der Waals surface area (Å²) in [6.07, 6.45) is -3.84. The molecule has 9 heteroatoms. The quantitative estimate of drug-likeness (QED) is 0.376. The SMILES string of the molecule is Cc1ccccc1-c1ccc(-c2nc(-c3ccc4c(c3)CN(CC(=O)O)CC4)no2)cc1C(F)(F)F. The molecule has 0 radical (unpaired) electrons. The molecule has 6 nitrogen and oxygen atoms in total. The molecule has 0 spiro atoms. The lowest BCUT2D eigenvalue weighted by Crippen LogP contribution is -2.34. The average molecular weight is 493 g/mol. The van der Waals surface area contributed by atoms with Crippen LogP contribution in [0.3, 0.4) is 0 Å². The van der Waals surface area contributed by atoms with E-state index >= 15 is 0 Å². The van der Waals surface area contributed by atoms with Crippen LogP contribution in [0.2, 0.25) is 0 Å². The molecule has 1 aromatic heterocycles. The highest BCUT2D eigenvalue weighted by Gasteiger charge is 2.35. The zero-order valence-corrected chi connectivity index (χ0v) is 19.3. The van der Waals surface area contributed by atoms with Crippen molar-refractivity contribution in [2.45, 2.75) is 26.1 Å². The van der Waals surface area contributed by atoms with Crippen LogP contribution in [0, 0.1) is 6.92 Å². The minimum atomic E-state index is -4.57. The van der Waals surface area contributed by atoms with Gasteiger partial charge in [-0.3, -0.25) is 9.69 Å². The van der Waals surface area contributed by atoms with Gasteiger partial charge in [-0.2, -0.15) is 18.2 Å². The van der Waals surface area contributed by atoms with Crippen molar-refractivity contribution in [1.82, 2.24) is 15.0 Å². The van der Waals surface area contributed by atoms with Gasteiger partial charge in [-0.1, -0.05) is 47.6 Å². The fourth-order valence-electron chi connectivity index (χ4n) is 4.56. The molecule has 4 aromatic rings. The first kappa shape index (κ1) is 23.7. The Hall–Kier alpha value is -3.98. The smallest absolute Gasteiger partial charge is 0.417 e. The fraction of sp³-hybridized carbons (Fsp3) is 0.222. The van der Waals surface area contributed by atoms with Crippen molar-refractivity contribution in [3.8, 4) is 34.0 Å². The van der Waals surface area contributed by atoms with Crippen molar-refractivity contribution in [2.75, 3.05) is 13.1 Å². The molecule has 1 N–H and O–H groups in total. The van der Waals surface area contributed by atoms with Crippen LogP contribution in [0.4, 0.5) is 13.2 Å². The third kappa shape index (κ3) is 4.74. The normalized spacial score (nSPS) is 14.0. The third-order valence-corrected chi connectivity index (χ3v) is 6.35. The van der Waals surface area contributed by atoms with E-state index in [4.69, 9.17) is 9.63 Å². The van der Waals surface area contributed by atoms with Gasteiger partial charge >= 0.3 is 12.1 Å². The summed E-state index contributed by atoms with van der Waals surface area (Å²) in [6, 6.07) is 16.6. The molecule has 0 fully saturated rings. The van der Waals surface area contributed by atoms with Crippen LogP contribution >= 0.6 is 0 Å². The number of hydrogen-bond donors (Lipinski definition) is 1. The van der Waals surface area contributed by atoms with Gasteiger partial charge in [-0.25, -0.2) is 0 Å². The van der Waals surface area contributed by atoms with Gasteiger partial charge in [0.05, 0.1) is 12.1 Å². The highest BCUT2D eigenvalue weighted by atomic mass is 19.4. The molecular formula is C27H22F3N3O3. The van der Waals surface area contributed by atoms with Gasteiger partial charge in [-0.15, -0.1) is 0 Å².